The van der Waals surface area contributed by atoms with Crippen molar-refractivity contribution >= 4 is 0 Å². The molecule has 76 valence electrons. The molecule has 1 aromatic heterocycles. The summed E-state index contributed by atoms with van der Waals surface area (Å²) in [7, 11) is 0. The lowest BCUT2D eigenvalue weighted by Crippen LogP contribution is -2.04. The lowest BCUT2D eigenvalue weighted by molar-refractivity contribution is 0.628. The molecule has 0 aliphatic carbocycles. The Balaban J connectivity index is 2.59. The van der Waals surface area contributed by atoms with Crippen molar-refractivity contribution in [3.05, 3.63) is 58.3 Å². The molecule has 0 aliphatic heterocycles. The second kappa shape index (κ2) is 3.69. The monoisotopic (exact) mass is 203 g/mol. The van der Waals surface area contributed by atoms with Crippen molar-refractivity contribution in [1.29, 1.82) is 0 Å². The van der Waals surface area contributed by atoms with Crippen molar-refractivity contribution in [3.63, 3.8) is 0 Å². The summed E-state index contributed by atoms with van der Waals surface area (Å²) < 4.78 is 13.0. The number of H-pyrrole nitrogens is 1. The molecule has 0 unspecified atom stereocenters. The summed E-state index contributed by atoms with van der Waals surface area (Å²) in [4.78, 5) is 13.6. The molecule has 2 aromatic rings. The van der Waals surface area contributed by atoms with Crippen LogP contribution in [0.5, 0.6) is 0 Å². The average molecular weight is 203 g/mol. The first-order valence-electron chi connectivity index (χ1n) is 4.62. The van der Waals surface area contributed by atoms with Crippen LogP contribution in [0.25, 0.3) is 11.1 Å². The molecular weight excluding hydrogens is 193 g/mol. The molecule has 0 radical (unpaired) electrons. The molecule has 0 amide bonds. The Morgan fingerprint density at radius 2 is 2.07 bits per heavy atom. The van der Waals surface area contributed by atoms with E-state index in [1.54, 1.807) is 12.3 Å². The van der Waals surface area contributed by atoms with E-state index in [1.165, 1.54) is 18.2 Å². The normalized spacial score (nSPS) is 10.3. The number of nitrogens with one attached hydrogen (secondary N) is 1. The highest BCUT2D eigenvalue weighted by Crippen LogP contribution is 2.21. The molecule has 1 N–H and O–H groups in total. The van der Waals surface area contributed by atoms with E-state index in [2.05, 4.69) is 4.98 Å². The molecule has 15 heavy (non-hydrogen) atoms. The molecule has 0 aliphatic rings. The Bertz CT molecular complexity index is 545. The van der Waals surface area contributed by atoms with Crippen molar-refractivity contribution < 1.29 is 4.39 Å². The van der Waals surface area contributed by atoms with Crippen molar-refractivity contribution in [2.75, 3.05) is 0 Å². The van der Waals surface area contributed by atoms with E-state index in [0.29, 0.717) is 0 Å². The van der Waals surface area contributed by atoms with Crippen LogP contribution in [0.1, 0.15) is 5.56 Å². The Morgan fingerprint density at radius 1 is 1.27 bits per heavy atom. The van der Waals surface area contributed by atoms with E-state index < -0.39 is 0 Å². The maximum atomic E-state index is 13.0. The van der Waals surface area contributed by atoms with Gasteiger partial charge in [0.15, 0.2) is 0 Å². The minimum absolute atomic E-state index is 0.146. The minimum Gasteiger partial charge on any atom is -0.328 e. The van der Waals surface area contributed by atoms with Gasteiger partial charge in [-0.1, -0.05) is 12.1 Å². The van der Waals surface area contributed by atoms with Crippen LogP contribution >= 0.6 is 0 Å². The maximum absolute atomic E-state index is 13.0. The lowest BCUT2D eigenvalue weighted by atomic mass is 10.0. The zero-order chi connectivity index (χ0) is 10.8. The number of hydrogen-bond acceptors (Lipinski definition) is 1. The summed E-state index contributed by atoms with van der Waals surface area (Å²) in [6, 6.07) is 7.80. The van der Waals surface area contributed by atoms with Crippen molar-refractivity contribution in [3.8, 4) is 11.1 Å². The van der Waals surface area contributed by atoms with Crippen LogP contribution in [0, 0.1) is 12.7 Å². The zero-order valence-corrected chi connectivity index (χ0v) is 8.25. The second-order valence-corrected chi connectivity index (χ2v) is 3.40. The van der Waals surface area contributed by atoms with Gasteiger partial charge >= 0.3 is 0 Å². The highest BCUT2D eigenvalue weighted by atomic mass is 19.1. The fourth-order valence-corrected chi connectivity index (χ4v) is 1.54. The topological polar surface area (TPSA) is 32.9 Å². The summed E-state index contributed by atoms with van der Waals surface area (Å²) in [5.41, 5.74) is 2.30. The maximum Gasteiger partial charge on any atom is 0.248 e. The average Bonchev–Trinajstić information content (AvgIpc) is 2.17. The molecule has 0 spiro atoms. The number of aromatic nitrogens is 1. The van der Waals surface area contributed by atoms with E-state index >= 15 is 0 Å². The second-order valence-electron chi connectivity index (χ2n) is 3.40. The number of aromatic amines is 1. The van der Waals surface area contributed by atoms with Gasteiger partial charge in [0.1, 0.15) is 5.82 Å². The van der Waals surface area contributed by atoms with E-state index in [1.807, 2.05) is 13.0 Å². The van der Waals surface area contributed by atoms with E-state index in [0.717, 1.165) is 16.7 Å². The standard InChI is InChI=1S/C12H10FNO/c1-8-5-12(15)14-7-11(8)9-3-2-4-10(13)6-9/h2-7H,1H3,(H,14,15). The number of halogens is 1. The third kappa shape index (κ3) is 1.96. The molecule has 1 aromatic carbocycles. The fraction of sp³-hybridized carbons (Fsp3) is 0.0833. The SMILES string of the molecule is Cc1cc(=O)[nH]cc1-c1cccc(F)c1. The van der Waals surface area contributed by atoms with E-state index in [4.69, 9.17) is 0 Å². The van der Waals surface area contributed by atoms with Gasteiger partial charge in [-0.3, -0.25) is 4.79 Å². The predicted octanol–water partition coefficient (Wildman–Crippen LogP) is 2.49. The summed E-state index contributed by atoms with van der Waals surface area (Å²) in [6.07, 6.45) is 1.60. The summed E-state index contributed by atoms with van der Waals surface area (Å²) >= 11 is 0. The van der Waals surface area contributed by atoms with Crippen LogP contribution in [-0.4, -0.2) is 4.98 Å². The lowest BCUT2D eigenvalue weighted by Gasteiger charge is -2.04. The van der Waals surface area contributed by atoms with Gasteiger partial charge in [-0.25, -0.2) is 4.39 Å². The van der Waals surface area contributed by atoms with Gasteiger partial charge in [0.05, 0.1) is 0 Å². The smallest absolute Gasteiger partial charge is 0.248 e. The molecule has 0 atom stereocenters. The van der Waals surface area contributed by atoms with Crippen molar-refractivity contribution in [1.82, 2.24) is 4.98 Å². The van der Waals surface area contributed by atoms with Gasteiger partial charge < -0.3 is 4.98 Å². The molecule has 0 fully saturated rings. The van der Waals surface area contributed by atoms with Crippen LogP contribution in [0.2, 0.25) is 0 Å². The molecule has 0 saturated heterocycles. The first-order valence-corrected chi connectivity index (χ1v) is 4.62. The van der Waals surface area contributed by atoms with E-state index in [9.17, 15) is 9.18 Å². The van der Waals surface area contributed by atoms with Gasteiger partial charge in [-0.2, -0.15) is 0 Å². The van der Waals surface area contributed by atoms with Gasteiger partial charge in [0, 0.05) is 17.8 Å². The van der Waals surface area contributed by atoms with Gasteiger partial charge in [-0.15, -0.1) is 0 Å². The number of rotatable bonds is 1. The van der Waals surface area contributed by atoms with Crippen molar-refractivity contribution in [2.45, 2.75) is 6.92 Å². The molecule has 0 bridgehead atoms. The summed E-state index contributed by atoms with van der Waals surface area (Å²) in [5.74, 6) is -0.280. The Hall–Kier alpha value is -1.90. The quantitative estimate of drug-likeness (QED) is 0.758. The number of benzene rings is 1. The first-order chi connectivity index (χ1) is 7.16. The number of aryl methyl sites for hydroxylation is 1. The zero-order valence-electron chi connectivity index (χ0n) is 8.25. The van der Waals surface area contributed by atoms with Gasteiger partial charge in [0.2, 0.25) is 5.56 Å². The fourth-order valence-electron chi connectivity index (χ4n) is 1.54. The third-order valence-electron chi connectivity index (χ3n) is 2.27. The minimum atomic E-state index is -0.280. The first kappa shape index (κ1) is 9.65. The van der Waals surface area contributed by atoms with Crippen molar-refractivity contribution in [2.24, 2.45) is 0 Å². The Labute approximate surface area is 86.4 Å². The Kier molecular flexibility index (Phi) is 2.37. The summed E-state index contributed by atoms with van der Waals surface area (Å²) in [5, 5.41) is 0. The highest BCUT2D eigenvalue weighted by Gasteiger charge is 2.02. The summed E-state index contributed by atoms with van der Waals surface area (Å²) in [6.45, 7) is 1.83. The molecule has 0 saturated carbocycles. The molecular formula is C12H10FNO. The largest absolute Gasteiger partial charge is 0.328 e. The molecule has 1 heterocycles. The van der Waals surface area contributed by atoms with Crippen LogP contribution in [0.15, 0.2) is 41.3 Å². The Morgan fingerprint density at radius 3 is 2.73 bits per heavy atom. The molecule has 2 rings (SSSR count). The van der Waals surface area contributed by atoms with Crippen LogP contribution < -0.4 is 5.56 Å². The van der Waals surface area contributed by atoms with E-state index in [-0.39, 0.29) is 11.4 Å². The van der Waals surface area contributed by atoms with Gasteiger partial charge in [-0.05, 0) is 30.2 Å². The number of hydrogen-bond donors (Lipinski definition) is 1. The predicted molar refractivity (Wildman–Crippen MR) is 57.2 cm³/mol. The molecule has 2 nitrogen and oxygen atoms in total. The highest BCUT2D eigenvalue weighted by molar-refractivity contribution is 5.65. The van der Waals surface area contributed by atoms with Crippen LogP contribution in [0.3, 0.4) is 0 Å². The van der Waals surface area contributed by atoms with Crippen LogP contribution in [-0.2, 0) is 0 Å². The number of pyridine rings is 1. The van der Waals surface area contributed by atoms with Crippen LogP contribution in [0.4, 0.5) is 4.39 Å². The molecule has 3 heteroatoms. The van der Waals surface area contributed by atoms with Gasteiger partial charge in [0.25, 0.3) is 0 Å². The third-order valence-corrected chi connectivity index (χ3v) is 2.27.